The van der Waals surface area contributed by atoms with Crippen molar-refractivity contribution in [2.24, 2.45) is 0 Å². The first-order valence-electron chi connectivity index (χ1n) is 20.8. The molecule has 0 N–H and O–H groups in total. The summed E-state index contributed by atoms with van der Waals surface area (Å²) in [6, 6.07) is 82.8. The minimum absolute atomic E-state index is 0.900. The molecule has 1 aromatic heterocycles. The Morgan fingerprint density at radius 1 is 0.311 bits per heavy atom. The van der Waals surface area contributed by atoms with Gasteiger partial charge in [0, 0.05) is 44.5 Å². The van der Waals surface area contributed by atoms with Crippen LogP contribution in [0.2, 0.25) is 0 Å². The third-order valence-electron chi connectivity index (χ3n) is 12.2. The molecule has 0 spiro atoms. The summed E-state index contributed by atoms with van der Waals surface area (Å²) >= 11 is 0. The van der Waals surface area contributed by atoms with Gasteiger partial charge in [-0.3, -0.25) is 0 Å². The van der Waals surface area contributed by atoms with E-state index in [0.717, 1.165) is 50.8 Å². The Balaban J connectivity index is 0.928. The number of benzene rings is 10. The van der Waals surface area contributed by atoms with Gasteiger partial charge in [-0.1, -0.05) is 152 Å². The first kappa shape index (κ1) is 34.9. The van der Waals surface area contributed by atoms with Crippen LogP contribution in [0.5, 0.6) is 11.5 Å². The van der Waals surface area contributed by atoms with Gasteiger partial charge in [-0.2, -0.15) is 0 Å². The summed E-state index contributed by atoms with van der Waals surface area (Å²) in [4.78, 5) is 2.35. The Hall–Kier alpha value is -8.14. The zero-order chi connectivity index (χ0) is 40.3. The number of aromatic nitrogens is 1. The lowest BCUT2D eigenvalue weighted by Gasteiger charge is -2.26. The number of rotatable bonds is 7. The largest absolute Gasteiger partial charge is 0.456 e. The number of anilines is 3. The molecule has 0 radical (unpaired) electrons. The summed E-state index contributed by atoms with van der Waals surface area (Å²) in [5, 5.41) is 4.84. The molecule has 286 valence electrons. The quantitative estimate of drug-likeness (QED) is 0.160. The predicted octanol–water partition coefficient (Wildman–Crippen LogP) is 16.2. The van der Waals surface area contributed by atoms with Crippen LogP contribution >= 0.6 is 0 Å². The zero-order valence-electron chi connectivity index (χ0n) is 33.2. The van der Waals surface area contributed by atoms with Gasteiger partial charge in [0.15, 0.2) is 0 Å². The smallest absolute Gasteiger partial charge is 0.135 e. The standard InChI is InChI=1S/C58H38N2O/c1-3-12-39(13-4-1)40-22-29-45(30-23-40)59(47-33-26-42(27-34-47)48-35-36-52-50-17-8-10-20-56(50)61-57-21-11-18-51(48)58(52)57)46-31-24-41(25-32-46)43-28-37-55-53(38-43)49-16-7-9-19-54(49)60(55)44-14-5-2-6-15-44/h1-38H. The Morgan fingerprint density at radius 2 is 0.836 bits per heavy atom. The number of ether oxygens (including phenoxy) is 1. The molecule has 0 bridgehead atoms. The van der Waals surface area contributed by atoms with E-state index in [4.69, 9.17) is 4.74 Å². The lowest BCUT2D eigenvalue weighted by molar-refractivity contribution is 0.487. The van der Waals surface area contributed by atoms with Crippen LogP contribution in [0.3, 0.4) is 0 Å². The fourth-order valence-corrected chi connectivity index (χ4v) is 9.31. The van der Waals surface area contributed by atoms with Crippen molar-refractivity contribution < 1.29 is 4.74 Å². The van der Waals surface area contributed by atoms with Crippen LogP contribution in [0, 0.1) is 0 Å². The molecule has 1 aliphatic heterocycles. The molecule has 10 aromatic carbocycles. The molecule has 3 nitrogen and oxygen atoms in total. The van der Waals surface area contributed by atoms with Crippen LogP contribution in [0.15, 0.2) is 231 Å². The molecule has 0 saturated carbocycles. The predicted molar refractivity (Wildman–Crippen MR) is 255 cm³/mol. The molecule has 2 heterocycles. The van der Waals surface area contributed by atoms with Crippen molar-refractivity contribution >= 4 is 49.6 Å². The van der Waals surface area contributed by atoms with Gasteiger partial charge >= 0.3 is 0 Å². The second kappa shape index (κ2) is 14.3. The molecule has 0 fully saturated rings. The number of hydrogen-bond acceptors (Lipinski definition) is 2. The van der Waals surface area contributed by atoms with E-state index in [2.05, 4.69) is 228 Å². The van der Waals surface area contributed by atoms with Crippen LogP contribution in [-0.2, 0) is 0 Å². The second-order valence-corrected chi connectivity index (χ2v) is 15.7. The zero-order valence-corrected chi connectivity index (χ0v) is 33.2. The highest BCUT2D eigenvalue weighted by atomic mass is 16.5. The highest BCUT2D eigenvalue weighted by molar-refractivity contribution is 6.11. The van der Waals surface area contributed by atoms with Gasteiger partial charge in [0.25, 0.3) is 0 Å². The van der Waals surface area contributed by atoms with Crippen molar-refractivity contribution in [3.8, 4) is 61.7 Å². The van der Waals surface area contributed by atoms with Crippen molar-refractivity contribution in [1.82, 2.24) is 4.57 Å². The van der Waals surface area contributed by atoms with Crippen molar-refractivity contribution in [2.45, 2.75) is 0 Å². The average Bonchev–Trinajstić information content (AvgIpc) is 3.67. The first-order valence-corrected chi connectivity index (χ1v) is 20.8. The van der Waals surface area contributed by atoms with Gasteiger partial charge < -0.3 is 14.2 Å². The summed E-state index contributed by atoms with van der Waals surface area (Å²) in [5.74, 6) is 1.80. The molecule has 12 rings (SSSR count). The van der Waals surface area contributed by atoms with Crippen LogP contribution in [0.25, 0.3) is 82.8 Å². The molecule has 0 amide bonds. The van der Waals surface area contributed by atoms with Crippen molar-refractivity contribution in [3.63, 3.8) is 0 Å². The van der Waals surface area contributed by atoms with E-state index in [9.17, 15) is 0 Å². The van der Waals surface area contributed by atoms with E-state index in [-0.39, 0.29) is 0 Å². The Bertz CT molecular complexity index is 3410. The van der Waals surface area contributed by atoms with Gasteiger partial charge in [0.2, 0.25) is 0 Å². The second-order valence-electron chi connectivity index (χ2n) is 15.7. The van der Waals surface area contributed by atoms with Crippen LogP contribution in [0.4, 0.5) is 17.1 Å². The maximum atomic E-state index is 6.41. The monoisotopic (exact) mass is 778 g/mol. The number of hydrogen-bond donors (Lipinski definition) is 0. The van der Waals surface area contributed by atoms with E-state index < -0.39 is 0 Å². The van der Waals surface area contributed by atoms with Gasteiger partial charge in [-0.25, -0.2) is 0 Å². The van der Waals surface area contributed by atoms with E-state index in [1.807, 2.05) is 12.1 Å². The van der Waals surface area contributed by atoms with E-state index >= 15 is 0 Å². The summed E-state index contributed by atoms with van der Waals surface area (Å²) in [6.07, 6.45) is 0. The van der Waals surface area contributed by atoms with Crippen LogP contribution in [-0.4, -0.2) is 4.57 Å². The SMILES string of the molecule is c1ccc(-c2ccc(N(c3ccc(-c4ccc5c(c4)c4ccccc4n5-c4ccccc4)cc3)c3ccc(-c4ccc5c6c(cccc46)Oc4ccccc4-5)cc3)cc2)cc1. The molecular formula is C58H38N2O. The average molecular weight is 779 g/mol. The van der Waals surface area contributed by atoms with E-state index in [1.165, 1.54) is 60.6 Å². The summed E-state index contributed by atoms with van der Waals surface area (Å²) in [5.41, 5.74) is 16.3. The van der Waals surface area contributed by atoms with Gasteiger partial charge in [-0.15, -0.1) is 0 Å². The van der Waals surface area contributed by atoms with Gasteiger partial charge in [0.1, 0.15) is 11.5 Å². The van der Waals surface area contributed by atoms with Crippen molar-refractivity contribution in [3.05, 3.63) is 231 Å². The van der Waals surface area contributed by atoms with Crippen molar-refractivity contribution in [1.29, 1.82) is 0 Å². The fourth-order valence-electron chi connectivity index (χ4n) is 9.31. The third kappa shape index (κ3) is 5.90. The minimum Gasteiger partial charge on any atom is -0.456 e. The Morgan fingerprint density at radius 3 is 1.57 bits per heavy atom. The minimum atomic E-state index is 0.900. The third-order valence-corrected chi connectivity index (χ3v) is 12.2. The highest BCUT2D eigenvalue weighted by Crippen LogP contribution is 2.49. The maximum Gasteiger partial charge on any atom is 0.135 e. The van der Waals surface area contributed by atoms with E-state index in [0.29, 0.717) is 0 Å². The summed E-state index contributed by atoms with van der Waals surface area (Å²) < 4.78 is 8.77. The lowest BCUT2D eigenvalue weighted by atomic mass is 9.90. The lowest BCUT2D eigenvalue weighted by Crippen LogP contribution is -2.09. The van der Waals surface area contributed by atoms with Crippen molar-refractivity contribution in [2.75, 3.05) is 4.90 Å². The number of nitrogens with zero attached hydrogens (tertiary/aromatic N) is 2. The maximum absolute atomic E-state index is 6.41. The molecule has 0 aliphatic carbocycles. The molecule has 3 heteroatoms. The highest BCUT2D eigenvalue weighted by Gasteiger charge is 2.22. The fraction of sp³-hybridized carbons (Fsp3) is 0. The molecular weight excluding hydrogens is 741 g/mol. The molecule has 0 unspecified atom stereocenters. The van der Waals surface area contributed by atoms with Gasteiger partial charge in [0.05, 0.1) is 11.0 Å². The number of para-hydroxylation sites is 3. The van der Waals surface area contributed by atoms with Gasteiger partial charge in [-0.05, 0) is 123 Å². The number of fused-ring (bicyclic) bond motifs is 5. The normalized spacial score (nSPS) is 11.7. The molecule has 0 atom stereocenters. The first-order chi connectivity index (χ1) is 30.2. The molecule has 61 heavy (non-hydrogen) atoms. The Labute approximate surface area is 354 Å². The van der Waals surface area contributed by atoms with E-state index in [1.54, 1.807) is 0 Å². The van der Waals surface area contributed by atoms with Crippen LogP contribution in [0.1, 0.15) is 0 Å². The summed E-state index contributed by atoms with van der Waals surface area (Å²) in [6.45, 7) is 0. The molecule has 11 aromatic rings. The topological polar surface area (TPSA) is 17.4 Å². The molecule has 0 saturated heterocycles. The Kier molecular flexibility index (Phi) is 8.17. The van der Waals surface area contributed by atoms with Crippen LogP contribution < -0.4 is 9.64 Å². The molecule has 1 aliphatic rings. The summed E-state index contributed by atoms with van der Waals surface area (Å²) in [7, 11) is 0.